The Morgan fingerprint density at radius 1 is 1.17 bits per heavy atom. The summed E-state index contributed by atoms with van der Waals surface area (Å²) in [5.74, 6) is -0.738. The van der Waals surface area contributed by atoms with Crippen molar-refractivity contribution in [3.05, 3.63) is 35.6 Å². The van der Waals surface area contributed by atoms with Crippen LogP contribution in [0.3, 0.4) is 0 Å². The minimum atomic E-state index is -0.703. The van der Waals surface area contributed by atoms with Crippen LogP contribution in [0.2, 0.25) is 0 Å². The molecule has 5 nitrogen and oxygen atoms in total. The minimum absolute atomic E-state index is 0.101. The van der Waals surface area contributed by atoms with E-state index in [9.17, 15) is 14.0 Å². The van der Waals surface area contributed by atoms with Crippen molar-refractivity contribution >= 4 is 12.0 Å². The third-order valence-electron chi connectivity index (χ3n) is 3.00. The quantitative estimate of drug-likeness (QED) is 0.875. The van der Waals surface area contributed by atoms with Gasteiger partial charge in [0.15, 0.2) is 0 Å². The van der Waals surface area contributed by atoms with Crippen molar-refractivity contribution in [3.8, 4) is 0 Å². The van der Waals surface area contributed by atoms with Gasteiger partial charge in [0.2, 0.25) is 5.91 Å². The highest BCUT2D eigenvalue weighted by molar-refractivity contribution is 5.85. The van der Waals surface area contributed by atoms with E-state index in [-0.39, 0.29) is 24.2 Å². The van der Waals surface area contributed by atoms with E-state index < -0.39 is 17.7 Å². The zero-order chi connectivity index (χ0) is 17.6. The smallest absolute Gasteiger partial charge is 0.408 e. The molecule has 2 amide bonds. The molecular weight excluding hydrogens is 299 g/mol. The highest BCUT2D eigenvalue weighted by atomic mass is 19.1. The van der Waals surface area contributed by atoms with Gasteiger partial charge in [-0.2, -0.15) is 0 Å². The Kier molecular flexibility index (Phi) is 6.54. The van der Waals surface area contributed by atoms with Gasteiger partial charge in [0.05, 0.1) is 0 Å². The Bertz CT molecular complexity index is 536. The number of hydrogen-bond acceptors (Lipinski definition) is 3. The molecule has 1 atom stereocenters. The van der Waals surface area contributed by atoms with Crippen LogP contribution in [0.25, 0.3) is 0 Å². The second-order valence-corrected chi connectivity index (χ2v) is 6.71. The van der Waals surface area contributed by atoms with E-state index in [0.29, 0.717) is 0 Å². The van der Waals surface area contributed by atoms with Gasteiger partial charge in [-0.25, -0.2) is 9.18 Å². The zero-order valence-electron chi connectivity index (χ0n) is 14.3. The average molecular weight is 324 g/mol. The largest absolute Gasteiger partial charge is 0.444 e. The van der Waals surface area contributed by atoms with E-state index in [2.05, 4.69) is 10.6 Å². The molecule has 0 heterocycles. The Morgan fingerprint density at radius 3 is 2.22 bits per heavy atom. The molecule has 128 valence electrons. The molecule has 1 aromatic rings. The van der Waals surface area contributed by atoms with Gasteiger partial charge < -0.3 is 15.4 Å². The van der Waals surface area contributed by atoms with Crippen LogP contribution >= 0.6 is 0 Å². The Morgan fingerprint density at radius 2 is 1.74 bits per heavy atom. The molecule has 0 unspecified atom stereocenters. The molecule has 23 heavy (non-hydrogen) atoms. The fraction of sp³-hybridized carbons (Fsp3) is 0.529. The number of benzene rings is 1. The SMILES string of the molecule is CC(C)[C@@H](NC(=O)OC(C)(C)C)C(=O)NCc1ccc(F)cc1. The lowest BCUT2D eigenvalue weighted by molar-refractivity contribution is -0.124. The first kappa shape index (κ1) is 18.9. The van der Waals surface area contributed by atoms with E-state index >= 15 is 0 Å². The summed E-state index contributed by atoms with van der Waals surface area (Å²) in [7, 11) is 0. The number of amides is 2. The summed E-state index contributed by atoms with van der Waals surface area (Å²) in [6, 6.07) is 5.16. The molecule has 1 rings (SSSR count). The van der Waals surface area contributed by atoms with Crippen LogP contribution in [0, 0.1) is 11.7 Å². The van der Waals surface area contributed by atoms with Crippen LogP contribution in [0.5, 0.6) is 0 Å². The lowest BCUT2D eigenvalue weighted by Gasteiger charge is -2.25. The van der Waals surface area contributed by atoms with Crippen LogP contribution in [0.1, 0.15) is 40.2 Å². The number of carbonyl (C=O) groups is 2. The summed E-state index contributed by atoms with van der Waals surface area (Å²) in [5.41, 5.74) is 0.149. The lowest BCUT2D eigenvalue weighted by Crippen LogP contribution is -2.50. The van der Waals surface area contributed by atoms with Gasteiger partial charge in [0.25, 0.3) is 0 Å². The van der Waals surface area contributed by atoms with E-state index in [0.717, 1.165) is 5.56 Å². The van der Waals surface area contributed by atoms with Gasteiger partial charge >= 0.3 is 6.09 Å². The van der Waals surface area contributed by atoms with Gasteiger partial charge in [0.1, 0.15) is 17.5 Å². The third kappa shape index (κ3) is 7.13. The molecule has 0 spiro atoms. The van der Waals surface area contributed by atoms with Gasteiger partial charge in [-0.15, -0.1) is 0 Å². The predicted molar refractivity (Wildman–Crippen MR) is 86.2 cm³/mol. The van der Waals surface area contributed by atoms with Crippen molar-refractivity contribution in [1.82, 2.24) is 10.6 Å². The van der Waals surface area contributed by atoms with Crippen LogP contribution in [0.15, 0.2) is 24.3 Å². The number of carbonyl (C=O) groups excluding carboxylic acids is 2. The van der Waals surface area contributed by atoms with Crippen molar-refractivity contribution in [1.29, 1.82) is 0 Å². The standard InChI is InChI=1S/C17H25FN2O3/c1-11(2)14(20-16(22)23-17(3,4)5)15(21)19-10-12-6-8-13(18)9-7-12/h6-9,11,14H,10H2,1-5H3,(H,19,21)(H,20,22)/t14-/m1/s1. The fourth-order valence-electron chi connectivity index (χ4n) is 1.87. The van der Waals surface area contributed by atoms with Gasteiger partial charge in [-0.1, -0.05) is 26.0 Å². The number of halogens is 1. The number of ether oxygens (including phenoxy) is 1. The zero-order valence-corrected chi connectivity index (χ0v) is 14.3. The molecule has 1 aromatic carbocycles. The summed E-state index contributed by atoms with van der Waals surface area (Å²) < 4.78 is 18.0. The van der Waals surface area contributed by atoms with Gasteiger partial charge in [-0.3, -0.25) is 4.79 Å². The maximum absolute atomic E-state index is 12.8. The van der Waals surface area contributed by atoms with Crippen molar-refractivity contribution in [2.24, 2.45) is 5.92 Å². The average Bonchev–Trinajstić information content (AvgIpc) is 2.41. The Hall–Kier alpha value is -2.11. The summed E-state index contributed by atoms with van der Waals surface area (Å²) in [5, 5.41) is 5.32. The maximum Gasteiger partial charge on any atom is 0.408 e. The predicted octanol–water partition coefficient (Wildman–Crippen LogP) is 2.99. The first-order chi connectivity index (χ1) is 10.6. The van der Waals surface area contributed by atoms with Crippen LogP contribution in [-0.4, -0.2) is 23.6 Å². The molecule has 6 heteroatoms. The Labute approximate surface area is 136 Å². The second kappa shape index (κ2) is 7.94. The van der Waals surface area contributed by atoms with E-state index in [4.69, 9.17) is 4.74 Å². The molecule has 0 saturated heterocycles. The minimum Gasteiger partial charge on any atom is -0.444 e. The topological polar surface area (TPSA) is 67.4 Å². The molecular formula is C17H25FN2O3. The van der Waals surface area contributed by atoms with Crippen LogP contribution < -0.4 is 10.6 Å². The monoisotopic (exact) mass is 324 g/mol. The highest BCUT2D eigenvalue weighted by Gasteiger charge is 2.26. The third-order valence-corrected chi connectivity index (χ3v) is 3.00. The normalized spacial score (nSPS) is 12.7. The molecule has 0 aliphatic rings. The van der Waals surface area contributed by atoms with Gasteiger partial charge in [0, 0.05) is 6.54 Å². The molecule has 0 aliphatic heterocycles. The Balaban J connectivity index is 2.60. The van der Waals surface area contributed by atoms with E-state index in [1.165, 1.54) is 12.1 Å². The van der Waals surface area contributed by atoms with E-state index in [1.807, 2.05) is 13.8 Å². The van der Waals surface area contributed by atoms with E-state index in [1.54, 1.807) is 32.9 Å². The maximum atomic E-state index is 12.8. The molecule has 0 bridgehead atoms. The van der Waals surface area contributed by atoms with Crippen molar-refractivity contribution in [2.45, 2.75) is 52.8 Å². The van der Waals surface area contributed by atoms with Crippen molar-refractivity contribution in [3.63, 3.8) is 0 Å². The van der Waals surface area contributed by atoms with Crippen molar-refractivity contribution < 1.29 is 18.7 Å². The first-order valence-electron chi connectivity index (χ1n) is 7.60. The van der Waals surface area contributed by atoms with Crippen LogP contribution in [0.4, 0.5) is 9.18 Å². The van der Waals surface area contributed by atoms with Crippen LogP contribution in [-0.2, 0) is 16.1 Å². The van der Waals surface area contributed by atoms with Crippen molar-refractivity contribution in [2.75, 3.05) is 0 Å². The first-order valence-corrected chi connectivity index (χ1v) is 7.60. The molecule has 0 aliphatic carbocycles. The highest BCUT2D eigenvalue weighted by Crippen LogP contribution is 2.09. The molecule has 2 N–H and O–H groups in total. The number of nitrogens with one attached hydrogen (secondary N) is 2. The molecule has 0 fully saturated rings. The number of alkyl carbamates (subject to hydrolysis) is 1. The number of rotatable bonds is 5. The molecule has 0 radical (unpaired) electrons. The van der Waals surface area contributed by atoms with Gasteiger partial charge in [-0.05, 0) is 44.4 Å². The summed E-state index contributed by atoms with van der Waals surface area (Å²) in [4.78, 5) is 24.1. The summed E-state index contributed by atoms with van der Waals surface area (Å²) in [6.07, 6.45) is -0.631. The lowest BCUT2D eigenvalue weighted by atomic mass is 10.0. The molecule has 0 saturated carbocycles. The second-order valence-electron chi connectivity index (χ2n) is 6.71. The number of hydrogen-bond donors (Lipinski definition) is 2. The molecule has 0 aromatic heterocycles. The fourth-order valence-corrected chi connectivity index (χ4v) is 1.87. The summed E-state index contributed by atoms with van der Waals surface area (Å²) >= 11 is 0. The summed E-state index contributed by atoms with van der Waals surface area (Å²) in [6.45, 7) is 9.19.